The fourth-order valence-corrected chi connectivity index (χ4v) is 5.97. The van der Waals surface area contributed by atoms with Gasteiger partial charge >= 0.3 is 12.3 Å². The van der Waals surface area contributed by atoms with Crippen LogP contribution in [0.15, 0.2) is 60.8 Å². The highest BCUT2D eigenvalue weighted by molar-refractivity contribution is 6.04. The smallest absolute Gasteiger partial charge is 0.481 e. The van der Waals surface area contributed by atoms with E-state index in [0.717, 1.165) is 42.6 Å². The molecule has 2 aliphatic heterocycles. The van der Waals surface area contributed by atoms with Crippen LogP contribution in [-0.2, 0) is 11.3 Å². The summed E-state index contributed by atoms with van der Waals surface area (Å²) >= 11 is 0. The number of carbonyl (C=O) groups excluding carboxylic acids is 1. The molecule has 2 aromatic carbocycles. The fourth-order valence-electron chi connectivity index (χ4n) is 5.97. The molecule has 8 nitrogen and oxygen atoms in total. The zero-order valence-corrected chi connectivity index (χ0v) is 25.2. The first-order valence-electron chi connectivity index (χ1n) is 14.6. The van der Waals surface area contributed by atoms with Crippen LogP contribution in [0.3, 0.4) is 0 Å². The molecule has 0 spiro atoms. The lowest BCUT2D eigenvalue weighted by Gasteiger charge is -2.32. The molecule has 1 amide bonds. The Balaban J connectivity index is 0.00000442. The number of aromatic nitrogens is 1. The van der Waals surface area contributed by atoms with Crippen LogP contribution in [0.2, 0.25) is 0 Å². The molecule has 5 rings (SSSR count). The van der Waals surface area contributed by atoms with Gasteiger partial charge in [-0.25, -0.2) is 4.98 Å². The number of anilines is 2. The minimum atomic E-state index is -4.77. The Morgan fingerprint density at radius 2 is 1.70 bits per heavy atom. The molecule has 2 N–H and O–H groups in total. The van der Waals surface area contributed by atoms with Crippen LogP contribution in [0.25, 0.3) is 11.1 Å². The third kappa shape index (κ3) is 8.21. The van der Waals surface area contributed by atoms with Gasteiger partial charge in [0.1, 0.15) is 11.6 Å². The van der Waals surface area contributed by atoms with E-state index >= 15 is 0 Å². The molecular weight excluding hydrogens is 597 g/mol. The molecule has 2 aliphatic rings. The molecule has 3 heterocycles. The first kappa shape index (κ1) is 33.1. The van der Waals surface area contributed by atoms with Gasteiger partial charge in [-0.1, -0.05) is 19.1 Å². The Kier molecular flexibility index (Phi) is 10.7. The van der Waals surface area contributed by atoms with Crippen molar-refractivity contribution in [1.29, 1.82) is 0 Å². The van der Waals surface area contributed by atoms with Crippen molar-refractivity contribution in [3.8, 4) is 16.9 Å². The van der Waals surface area contributed by atoms with Crippen LogP contribution in [0.1, 0.15) is 54.9 Å². The number of rotatable bonds is 9. The number of benzene rings is 2. The highest BCUT2D eigenvalue weighted by atomic mass is 35.5. The Bertz CT molecular complexity index is 1430. The second-order valence-corrected chi connectivity index (χ2v) is 11.1. The summed E-state index contributed by atoms with van der Waals surface area (Å²) in [6.07, 6.45) is 1.27. The second-order valence-electron chi connectivity index (χ2n) is 11.1. The van der Waals surface area contributed by atoms with Crippen molar-refractivity contribution >= 4 is 35.8 Å². The number of carbonyl (C=O) groups is 2. The maximum Gasteiger partial charge on any atom is 0.573 e. The predicted octanol–water partition coefficient (Wildman–Crippen LogP) is 7.00. The number of piperidine rings is 1. The molecule has 2 saturated heterocycles. The van der Waals surface area contributed by atoms with Gasteiger partial charge in [-0.3, -0.25) is 14.5 Å². The topological polar surface area (TPSA) is 95.0 Å². The number of hydrogen-bond donors (Lipinski definition) is 2. The van der Waals surface area contributed by atoms with Crippen LogP contribution >= 0.6 is 12.4 Å². The van der Waals surface area contributed by atoms with Crippen molar-refractivity contribution in [2.45, 2.75) is 58.0 Å². The van der Waals surface area contributed by atoms with Crippen molar-refractivity contribution in [2.24, 2.45) is 5.92 Å². The summed E-state index contributed by atoms with van der Waals surface area (Å²) in [6.45, 7) is 5.02. The SMILES string of the molecule is CCC1CCCN1Cc1cc(NC(=O)c2ccc(N3CCC(C(=O)O)CC3)cc2)ncc1-c1ccc(OC(F)(F)F)cc1.Cl. The number of ether oxygens (including phenoxy) is 1. The zero-order chi connectivity index (χ0) is 30.6. The molecule has 1 unspecified atom stereocenters. The maximum absolute atomic E-state index is 13.1. The molecule has 0 radical (unpaired) electrons. The lowest BCUT2D eigenvalue weighted by Crippen LogP contribution is -2.36. The molecule has 44 heavy (non-hydrogen) atoms. The summed E-state index contributed by atoms with van der Waals surface area (Å²) in [5, 5.41) is 12.1. The summed E-state index contributed by atoms with van der Waals surface area (Å²) in [5.74, 6) is -1.30. The Hall–Kier alpha value is -3.83. The number of pyridine rings is 1. The van der Waals surface area contributed by atoms with E-state index in [1.165, 1.54) is 12.1 Å². The summed E-state index contributed by atoms with van der Waals surface area (Å²) in [4.78, 5) is 33.4. The first-order chi connectivity index (χ1) is 20.6. The number of alkyl halides is 3. The third-order valence-corrected chi connectivity index (χ3v) is 8.31. The van der Waals surface area contributed by atoms with E-state index in [4.69, 9.17) is 0 Å². The number of nitrogens with one attached hydrogen (secondary N) is 1. The average Bonchev–Trinajstić information content (AvgIpc) is 3.44. The van der Waals surface area contributed by atoms with Gasteiger partial charge in [0.15, 0.2) is 0 Å². The number of nitrogens with zero attached hydrogens (tertiary/aromatic N) is 3. The number of hydrogen-bond acceptors (Lipinski definition) is 6. The van der Waals surface area contributed by atoms with Gasteiger partial charge in [0, 0.05) is 48.7 Å². The van der Waals surface area contributed by atoms with Crippen molar-refractivity contribution < 1.29 is 32.6 Å². The molecular formula is C32H36ClF3N4O4. The Morgan fingerprint density at radius 1 is 1.02 bits per heavy atom. The molecule has 2 fully saturated rings. The van der Waals surface area contributed by atoms with Crippen molar-refractivity contribution in [3.63, 3.8) is 0 Å². The van der Waals surface area contributed by atoms with Gasteiger partial charge in [0.2, 0.25) is 0 Å². The van der Waals surface area contributed by atoms with E-state index in [-0.39, 0.29) is 30.0 Å². The second kappa shape index (κ2) is 14.3. The lowest BCUT2D eigenvalue weighted by molar-refractivity contribution is -0.274. The summed E-state index contributed by atoms with van der Waals surface area (Å²) in [7, 11) is 0. The van der Waals surface area contributed by atoms with E-state index in [2.05, 4.69) is 31.8 Å². The number of aliphatic carboxylic acids is 1. The number of amides is 1. The van der Waals surface area contributed by atoms with E-state index in [1.54, 1.807) is 30.5 Å². The minimum absolute atomic E-state index is 0. The number of likely N-dealkylation sites (tertiary alicyclic amines) is 1. The van der Waals surface area contributed by atoms with Gasteiger partial charge in [-0.15, -0.1) is 25.6 Å². The monoisotopic (exact) mass is 632 g/mol. The van der Waals surface area contributed by atoms with Gasteiger partial charge in [0.25, 0.3) is 5.91 Å². The van der Waals surface area contributed by atoms with Crippen LogP contribution in [0, 0.1) is 5.92 Å². The summed E-state index contributed by atoms with van der Waals surface area (Å²) < 4.78 is 42.0. The highest BCUT2D eigenvalue weighted by Gasteiger charge is 2.31. The normalized spacial score (nSPS) is 17.6. The lowest BCUT2D eigenvalue weighted by atomic mass is 9.96. The molecule has 236 valence electrons. The largest absolute Gasteiger partial charge is 0.573 e. The quantitative estimate of drug-likeness (QED) is 0.262. The molecule has 0 saturated carbocycles. The number of halogens is 4. The van der Waals surface area contributed by atoms with E-state index in [9.17, 15) is 27.9 Å². The van der Waals surface area contributed by atoms with Gasteiger partial charge < -0.3 is 20.1 Å². The Morgan fingerprint density at radius 3 is 2.32 bits per heavy atom. The molecule has 1 atom stereocenters. The number of carboxylic acids is 1. The third-order valence-electron chi connectivity index (χ3n) is 8.31. The maximum atomic E-state index is 13.1. The van der Waals surface area contributed by atoms with Gasteiger partial charge in [-0.2, -0.15) is 0 Å². The van der Waals surface area contributed by atoms with Crippen LogP contribution in [-0.4, -0.2) is 58.9 Å². The molecule has 0 bridgehead atoms. The first-order valence-corrected chi connectivity index (χ1v) is 14.6. The van der Waals surface area contributed by atoms with Gasteiger partial charge in [0.05, 0.1) is 5.92 Å². The minimum Gasteiger partial charge on any atom is -0.481 e. The van der Waals surface area contributed by atoms with Crippen molar-refractivity contribution in [2.75, 3.05) is 29.9 Å². The van der Waals surface area contributed by atoms with Crippen LogP contribution in [0.4, 0.5) is 24.7 Å². The predicted molar refractivity (Wildman–Crippen MR) is 164 cm³/mol. The van der Waals surface area contributed by atoms with Crippen molar-refractivity contribution in [3.05, 3.63) is 71.9 Å². The molecule has 0 aliphatic carbocycles. The van der Waals surface area contributed by atoms with Crippen LogP contribution < -0.4 is 15.0 Å². The van der Waals surface area contributed by atoms with Gasteiger partial charge in [-0.05, 0) is 92.2 Å². The van der Waals surface area contributed by atoms with E-state index < -0.39 is 12.3 Å². The van der Waals surface area contributed by atoms with Crippen molar-refractivity contribution in [1.82, 2.24) is 9.88 Å². The highest BCUT2D eigenvalue weighted by Crippen LogP contribution is 2.32. The average molecular weight is 633 g/mol. The summed E-state index contributed by atoms with van der Waals surface area (Å²) in [5.41, 5.74) is 3.78. The fraction of sp³-hybridized carbons (Fsp3) is 0.406. The van der Waals surface area contributed by atoms with Crippen LogP contribution in [0.5, 0.6) is 5.75 Å². The molecule has 12 heteroatoms. The molecule has 3 aromatic rings. The number of carboxylic acid groups (broad SMARTS) is 1. The Labute approximate surface area is 260 Å². The summed E-state index contributed by atoms with van der Waals surface area (Å²) in [6, 6.07) is 15.2. The standard InChI is InChI=1S/C32H35F3N4O4.ClH/c1-2-25-4-3-15-39(25)20-24-18-29(36-19-28(24)21-7-11-27(12-8-21)43-32(33,34)35)37-30(40)22-5-9-26(10-6-22)38-16-13-23(14-17-38)31(41)42;/h5-12,18-19,23,25H,2-4,13-17,20H2,1H3,(H,41,42)(H,36,37,40);1H. The van der Waals surface area contributed by atoms with E-state index in [0.29, 0.717) is 55.5 Å². The van der Waals surface area contributed by atoms with E-state index in [1.807, 2.05) is 18.2 Å². The molecule has 1 aromatic heterocycles. The zero-order valence-electron chi connectivity index (χ0n) is 24.3.